The van der Waals surface area contributed by atoms with E-state index in [-0.39, 0.29) is 0 Å². The predicted molar refractivity (Wildman–Crippen MR) is 62.7 cm³/mol. The Balaban J connectivity index is 0. The number of amidine groups is 1. The molecule has 76 valence electrons. The number of allylic oxidation sites excluding steroid dienone is 1. The van der Waals surface area contributed by atoms with Crippen molar-refractivity contribution < 1.29 is 0 Å². The van der Waals surface area contributed by atoms with E-state index in [0.29, 0.717) is 0 Å². The molecule has 0 aliphatic heterocycles. The topological polar surface area (TPSA) is 24.7 Å². The number of aliphatic imine (C=N–C) groups is 2. The van der Waals surface area contributed by atoms with Crippen LogP contribution in [0.2, 0.25) is 0 Å². The third-order valence-electron chi connectivity index (χ3n) is 0.738. The van der Waals surface area contributed by atoms with Gasteiger partial charge in [-0.3, -0.25) is 0 Å². The van der Waals surface area contributed by atoms with E-state index in [1.54, 1.807) is 0 Å². The number of nitrogens with zero attached hydrogens (tertiary/aromatic N) is 2. The zero-order valence-corrected chi connectivity index (χ0v) is 9.81. The van der Waals surface area contributed by atoms with Gasteiger partial charge in [-0.25, -0.2) is 9.98 Å². The fraction of sp³-hybridized carbons (Fsp3) is 0.636. The van der Waals surface area contributed by atoms with Crippen LogP contribution >= 0.6 is 0 Å². The molecule has 0 aromatic carbocycles. The maximum atomic E-state index is 4.12. The van der Waals surface area contributed by atoms with Crippen molar-refractivity contribution >= 4 is 11.5 Å². The normalized spacial score (nSPS) is 9.85. The Hall–Kier alpha value is -0.920. The quantitative estimate of drug-likeness (QED) is 0.435. The first kappa shape index (κ1) is 14.6. The monoisotopic (exact) mass is 182 g/mol. The molecule has 13 heavy (non-hydrogen) atoms. The summed E-state index contributed by atoms with van der Waals surface area (Å²) in [6, 6.07) is 0. The van der Waals surface area contributed by atoms with Gasteiger partial charge in [-0.05, 0) is 27.7 Å². The Morgan fingerprint density at radius 1 is 1.00 bits per heavy atom. The van der Waals surface area contributed by atoms with Gasteiger partial charge < -0.3 is 0 Å². The van der Waals surface area contributed by atoms with E-state index in [2.05, 4.69) is 30.4 Å². The Kier molecular flexibility index (Phi) is 10.3. The Morgan fingerprint density at radius 3 is 1.62 bits per heavy atom. The van der Waals surface area contributed by atoms with E-state index >= 15 is 0 Å². The van der Waals surface area contributed by atoms with Crippen molar-refractivity contribution in [2.45, 2.75) is 48.0 Å². The molecule has 0 aliphatic carbocycles. The van der Waals surface area contributed by atoms with Gasteiger partial charge in [0.2, 0.25) is 0 Å². The molecule has 0 amide bonds. The summed E-state index contributed by atoms with van der Waals surface area (Å²) in [7, 11) is 0. The molecule has 0 N–H and O–H groups in total. The van der Waals surface area contributed by atoms with E-state index in [1.807, 2.05) is 27.7 Å². The highest BCUT2D eigenvalue weighted by molar-refractivity contribution is 5.94. The molecule has 0 unspecified atom stereocenters. The zero-order chi connectivity index (χ0) is 10.9. The standard InChI is InChI=1S/C8H14N2.C3H8/c1-6(2)9-8(5)10-7(3)4;1-3-2/h1H2,2-5H3;3H2,1-2H3. The summed E-state index contributed by atoms with van der Waals surface area (Å²) in [5.41, 5.74) is 1.81. The second-order valence-electron chi connectivity index (χ2n) is 3.16. The van der Waals surface area contributed by atoms with E-state index in [4.69, 9.17) is 0 Å². The summed E-state index contributed by atoms with van der Waals surface area (Å²) in [6.07, 6.45) is 1.25. The molecule has 0 aromatic rings. The molecular weight excluding hydrogens is 160 g/mol. The van der Waals surface area contributed by atoms with Crippen molar-refractivity contribution in [2.75, 3.05) is 0 Å². The lowest BCUT2D eigenvalue weighted by molar-refractivity contribution is 1.09. The van der Waals surface area contributed by atoms with Crippen molar-refractivity contribution in [3.05, 3.63) is 12.3 Å². The lowest BCUT2D eigenvalue weighted by Gasteiger charge is -1.92. The lowest BCUT2D eigenvalue weighted by Crippen LogP contribution is -1.90. The predicted octanol–water partition coefficient (Wildman–Crippen LogP) is 3.84. The fourth-order valence-corrected chi connectivity index (χ4v) is 0.625. The molecule has 0 bridgehead atoms. The lowest BCUT2D eigenvalue weighted by atomic mass is 10.5. The van der Waals surface area contributed by atoms with Crippen LogP contribution in [0, 0.1) is 0 Å². The van der Waals surface area contributed by atoms with Gasteiger partial charge in [0.05, 0.1) is 0 Å². The molecule has 0 heterocycles. The van der Waals surface area contributed by atoms with Crippen LogP contribution in [0.25, 0.3) is 0 Å². The van der Waals surface area contributed by atoms with E-state index < -0.39 is 0 Å². The molecule has 0 radical (unpaired) electrons. The molecule has 0 rings (SSSR count). The summed E-state index contributed by atoms with van der Waals surface area (Å²) in [5.74, 6) is 0.771. The second-order valence-corrected chi connectivity index (χ2v) is 3.16. The van der Waals surface area contributed by atoms with Gasteiger partial charge in [-0.2, -0.15) is 0 Å². The van der Waals surface area contributed by atoms with Crippen LogP contribution in [0.3, 0.4) is 0 Å². The summed E-state index contributed by atoms with van der Waals surface area (Å²) in [4.78, 5) is 8.18. The third kappa shape index (κ3) is 18.2. The molecule has 0 saturated heterocycles. The molecule has 2 nitrogen and oxygen atoms in total. The van der Waals surface area contributed by atoms with Crippen LogP contribution in [-0.2, 0) is 0 Å². The maximum Gasteiger partial charge on any atom is 0.125 e. The van der Waals surface area contributed by atoms with Gasteiger partial charge in [0.25, 0.3) is 0 Å². The molecule has 0 aliphatic rings. The molecule has 0 aromatic heterocycles. The Bertz CT molecular complexity index is 196. The van der Waals surface area contributed by atoms with Crippen LogP contribution in [0.1, 0.15) is 48.0 Å². The number of rotatable bonds is 1. The molecule has 0 saturated carbocycles. The van der Waals surface area contributed by atoms with Gasteiger partial charge in [0, 0.05) is 11.4 Å². The fourth-order valence-electron chi connectivity index (χ4n) is 0.625. The van der Waals surface area contributed by atoms with E-state index in [1.165, 1.54) is 6.42 Å². The Morgan fingerprint density at radius 2 is 1.38 bits per heavy atom. The largest absolute Gasteiger partial charge is 0.243 e. The van der Waals surface area contributed by atoms with Crippen molar-refractivity contribution in [1.82, 2.24) is 0 Å². The first-order valence-electron chi connectivity index (χ1n) is 4.66. The van der Waals surface area contributed by atoms with Gasteiger partial charge in [0.1, 0.15) is 5.84 Å². The third-order valence-corrected chi connectivity index (χ3v) is 0.738. The van der Waals surface area contributed by atoms with E-state index in [9.17, 15) is 0 Å². The number of hydrogen-bond donors (Lipinski definition) is 0. The van der Waals surface area contributed by atoms with Gasteiger partial charge >= 0.3 is 0 Å². The van der Waals surface area contributed by atoms with Gasteiger partial charge in [-0.15, -0.1) is 0 Å². The summed E-state index contributed by atoms with van der Waals surface area (Å²) in [5, 5.41) is 0. The Labute approximate surface area is 82.5 Å². The first-order valence-corrected chi connectivity index (χ1v) is 4.66. The van der Waals surface area contributed by atoms with Gasteiger partial charge in [0.15, 0.2) is 0 Å². The minimum Gasteiger partial charge on any atom is -0.243 e. The summed E-state index contributed by atoms with van der Waals surface area (Å²) in [6.45, 7) is 15.5. The van der Waals surface area contributed by atoms with Crippen LogP contribution in [0.4, 0.5) is 0 Å². The summed E-state index contributed by atoms with van der Waals surface area (Å²) < 4.78 is 0. The number of hydrogen-bond acceptors (Lipinski definition) is 1. The summed E-state index contributed by atoms with van der Waals surface area (Å²) >= 11 is 0. The average Bonchev–Trinajstić information content (AvgIpc) is 1.83. The van der Waals surface area contributed by atoms with Crippen molar-refractivity contribution in [3.63, 3.8) is 0 Å². The maximum absolute atomic E-state index is 4.12. The second kappa shape index (κ2) is 9.17. The highest BCUT2D eigenvalue weighted by atomic mass is 14.9. The van der Waals surface area contributed by atoms with Crippen LogP contribution in [-0.4, -0.2) is 11.5 Å². The minimum atomic E-state index is 0.771. The van der Waals surface area contributed by atoms with Crippen molar-refractivity contribution in [2.24, 2.45) is 9.98 Å². The van der Waals surface area contributed by atoms with Crippen LogP contribution < -0.4 is 0 Å². The molecule has 0 fully saturated rings. The molecule has 0 atom stereocenters. The minimum absolute atomic E-state index is 0.771. The van der Waals surface area contributed by atoms with Crippen LogP contribution in [0.15, 0.2) is 22.3 Å². The highest BCUT2D eigenvalue weighted by Gasteiger charge is 1.84. The smallest absolute Gasteiger partial charge is 0.125 e. The average molecular weight is 182 g/mol. The SMILES string of the molecule is C=C(C)N=C(C)N=C(C)C.CCC. The van der Waals surface area contributed by atoms with Crippen molar-refractivity contribution in [3.8, 4) is 0 Å². The first-order chi connectivity index (χ1) is 5.93. The van der Waals surface area contributed by atoms with E-state index in [0.717, 1.165) is 17.2 Å². The van der Waals surface area contributed by atoms with Crippen LogP contribution in [0.5, 0.6) is 0 Å². The molecule has 2 heteroatoms. The molecule has 0 spiro atoms. The van der Waals surface area contributed by atoms with Crippen molar-refractivity contribution in [1.29, 1.82) is 0 Å². The molecular formula is C11H22N2. The van der Waals surface area contributed by atoms with Gasteiger partial charge in [-0.1, -0.05) is 26.8 Å². The highest BCUT2D eigenvalue weighted by Crippen LogP contribution is 1.91. The zero-order valence-electron chi connectivity index (χ0n) is 9.81.